The average Bonchev–Trinajstić information content (AvgIpc) is 2.75. The maximum absolute atomic E-state index is 12.7. The molecular weight excluding hydrogens is 428 g/mol. The van der Waals surface area contributed by atoms with Gasteiger partial charge in [0.1, 0.15) is 11.5 Å². The number of methoxy groups -OCH3 is 2. The third-order valence-electron chi connectivity index (χ3n) is 4.17. The number of anilines is 2. The van der Waals surface area contributed by atoms with Crippen LogP contribution in [-0.4, -0.2) is 28.5 Å². The SMILES string of the molecule is COc1ccc(NS(=O)(=O)c2ccc(Cl)c(NC(=O)c3cccc(OC)c3)c2)cc1. The third-order valence-corrected chi connectivity index (χ3v) is 5.88. The monoisotopic (exact) mass is 446 g/mol. The molecule has 0 aliphatic heterocycles. The van der Waals surface area contributed by atoms with Gasteiger partial charge in [0.25, 0.3) is 15.9 Å². The second-order valence-electron chi connectivity index (χ2n) is 6.16. The van der Waals surface area contributed by atoms with Gasteiger partial charge in [0, 0.05) is 11.3 Å². The number of hydrogen-bond donors (Lipinski definition) is 2. The van der Waals surface area contributed by atoms with E-state index in [1.54, 1.807) is 48.5 Å². The van der Waals surface area contributed by atoms with Crippen LogP contribution in [0, 0.1) is 0 Å². The Labute approximate surface area is 179 Å². The van der Waals surface area contributed by atoms with Gasteiger partial charge >= 0.3 is 0 Å². The molecule has 156 valence electrons. The Kier molecular flexibility index (Phi) is 6.49. The van der Waals surface area contributed by atoms with Crippen LogP contribution in [0.15, 0.2) is 71.6 Å². The third kappa shape index (κ3) is 5.03. The van der Waals surface area contributed by atoms with Crippen molar-refractivity contribution in [3.8, 4) is 11.5 Å². The Balaban J connectivity index is 1.83. The van der Waals surface area contributed by atoms with Gasteiger partial charge in [-0.1, -0.05) is 17.7 Å². The summed E-state index contributed by atoms with van der Waals surface area (Å²) in [4.78, 5) is 12.5. The molecular formula is C21H19ClN2O5S. The number of rotatable bonds is 7. The standard InChI is InChI=1S/C21H19ClN2O5S/c1-28-16-8-6-15(7-9-16)24-30(26,27)18-10-11-19(22)20(13-18)23-21(25)14-4-3-5-17(12-14)29-2/h3-13,24H,1-2H3,(H,23,25). The molecule has 0 radical (unpaired) electrons. The Morgan fingerprint density at radius 2 is 1.60 bits per heavy atom. The van der Waals surface area contributed by atoms with E-state index < -0.39 is 15.9 Å². The molecule has 0 aliphatic rings. The minimum absolute atomic E-state index is 0.0522. The van der Waals surface area contributed by atoms with Gasteiger partial charge in [0.2, 0.25) is 0 Å². The Bertz CT molecular complexity index is 1160. The Morgan fingerprint density at radius 1 is 0.900 bits per heavy atom. The van der Waals surface area contributed by atoms with E-state index >= 15 is 0 Å². The number of ether oxygens (including phenoxy) is 2. The molecule has 3 rings (SSSR count). The predicted molar refractivity (Wildman–Crippen MR) is 116 cm³/mol. The van der Waals surface area contributed by atoms with Crippen LogP contribution in [-0.2, 0) is 10.0 Å². The van der Waals surface area contributed by atoms with Crippen molar-refractivity contribution < 1.29 is 22.7 Å². The van der Waals surface area contributed by atoms with Crippen LogP contribution >= 0.6 is 11.6 Å². The fourth-order valence-electron chi connectivity index (χ4n) is 2.60. The van der Waals surface area contributed by atoms with Crippen molar-refractivity contribution in [2.45, 2.75) is 4.90 Å². The molecule has 0 fully saturated rings. The maximum atomic E-state index is 12.7. The molecule has 3 aromatic carbocycles. The zero-order chi connectivity index (χ0) is 21.7. The molecule has 9 heteroatoms. The molecule has 7 nitrogen and oxygen atoms in total. The summed E-state index contributed by atoms with van der Waals surface area (Å²) in [5.74, 6) is 0.675. The van der Waals surface area contributed by atoms with Crippen molar-refractivity contribution in [1.29, 1.82) is 0 Å². The highest BCUT2D eigenvalue weighted by molar-refractivity contribution is 7.92. The minimum atomic E-state index is -3.90. The van der Waals surface area contributed by atoms with Crippen LogP contribution < -0.4 is 19.5 Å². The lowest BCUT2D eigenvalue weighted by molar-refractivity contribution is 0.102. The number of benzene rings is 3. The summed E-state index contributed by atoms with van der Waals surface area (Å²) in [6.45, 7) is 0. The number of halogens is 1. The maximum Gasteiger partial charge on any atom is 0.261 e. The van der Waals surface area contributed by atoms with E-state index in [2.05, 4.69) is 10.0 Å². The van der Waals surface area contributed by atoms with Crippen molar-refractivity contribution in [1.82, 2.24) is 0 Å². The van der Waals surface area contributed by atoms with Gasteiger partial charge in [-0.2, -0.15) is 0 Å². The van der Waals surface area contributed by atoms with Crippen molar-refractivity contribution in [3.05, 3.63) is 77.3 Å². The normalized spacial score (nSPS) is 10.9. The molecule has 0 aliphatic carbocycles. The van der Waals surface area contributed by atoms with Crippen molar-refractivity contribution in [3.63, 3.8) is 0 Å². The fraction of sp³-hybridized carbons (Fsp3) is 0.0952. The van der Waals surface area contributed by atoms with Crippen molar-refractivity contribution in [2.24, 2.45) is 0 Å². The lowest BCUT2D eigenvalue weighted by Crippen LogP contribution is -2.15. The lowest BCUT2D eigenvalue weighted by atomic mass is 10.2. The van der Waals surface area contributed by atoms with E-state index in [1.807, 2.05) is 0 Å². The molecule has 0 aromatic heterocycles. The van der Waals surface area contributed by atoms with E-state index in [0.29, 0.717) is 22.7 Å². The van der Waals surface area contributed by atoms with Gasteiger partial charge in [0.15, 0.2) is 0 Å². The van der Waals surface area contributed by atoms with Crippen LogP contribution in [0.1, 0.15) is 10.4 Å². The zero-order valence-electron chi connectivity index (χ0n) is 16.2. The van der Waals surface area contributed by atoms with Crippen LogP contribution in [0.3, 0.4) is 0 Å². The smallest absolute Gasteiger partial charge is 0.261 e. The zero-order valence-corrected chi connectivity index (χ0v) is 17.8. The molecule has 3 aromatic rings. The second kappa shape index (κ2) is 9.06. The summed E-state index contributed by atoms with van der Waals surface area (Å²) in [5.41, 5.74) is 0.879. The molecule has 1 amide bonds. The van der Waals surface area contributed by atoms with E-state index in [9.17, 15) is 13.2 Å². The topological polar surface area (TPSA) is 93.7 Å². The van der Waals surface area contributed by atoms with Crippen LogP contribution in [0.4, 0.5) is 11.4 Å². The summed E-state index contributed by atoms with van der Waals surface area (Å²) in [5, 5.41) is 2.84. The first kappa shape index (κ1) is 21.5. The molecule has 0 unspecified atom stereocenters. The first-order chi connectivity index (χ1) is 14.3. The van der Waals surface area contributed by atoms with Crippen LogP contribution in [0.5, 0.6) is 11.5 Å². The molecule has 0 bridgehead atoms. The number of carbonyl (C=O) groups excluding carboxylic acids is 1. The molecule has 0 saturated heterocycles. The lowest BCUT2D eigenvalue weighted by Gasteiger charge is -2.12. The highest BCUT2D eigenvalue weighted by Gasteiger charge is 2.18. The first-order valence-electron chi connectivity index (χ1n) is 8.74. The van der Waals surface area contributed by atoms with Gasteiger partial charge in [-0.25, -0.2) is 8.42 Å². The van der Waals surface area contributed by atoms with Gasteiger partial charge < -0.3 is 14.8 Å². The molecule has 0 spiro atoms. The summed E-state index contributed by atoms with van der Waals surface area (Å²) in [7, 11) is -0.884. The van der Waals surface area contributed by atoms with Crippen LogP contribution in [0.25, 0.3) is 0 Å². The van der Waals surface area contributed by atoms with Gasteiger partial charge in [-0.05, 0) is 60.7 Å². The van der Waals surface area contributed by atoms with E-state index in [4.69, 9.17) is 21.1 Å². The van der Waals surface area contributed by atoms with E-state index in [1.165, 1.54) is 32.4 Å². The van der Waals surface area contributed by atoms with Gasteiger partial charge in [0.05, 0.1) is 29.8 Å². The summed E-state index contributed by atoms with van der Waals surface area (Å²) >= 11 is 6.16. The molecule has 30 heavy (non-hydrogen) atoms. The minimum Gasteiger partial charge on any atom is -0.497 e. The largest absolute Gasteiger partial charge is 0.497 e. The second-order valence-corrected chi connectivity index (χ2v) is 8.25. The molecule has 2 N–H and O–H groups in total. The highest BCUT2D eigenvalue weighted by Crippen LogP contribution is 2.27. The summed E-state index contributed by atoms with van der Waals surface area (Å²) < 4.78 is 38.1. The average molecular weight is 447 g/mol. The van der Waals surface area contributed by atoms with Gasteiger partial charge in [-0.15, -0.1) is 0 Å². The Morgan fingerprint density at radius 3 is 2.27 bits per heavy atom. The molecule has 0 atom stereocenters. The number of sulfonamides is 1. The van der Waals surface area contributed by atoms with Gasteiger partial charge in [-0.3, -0.25) is 9.52 Å². The van der Waals surface area contributed by atoms with Crippen molar-refractivity contribution in [2.75, 3.05) is 24.3 Å². The Hall–Kier alpha value is -3.23. The number of hydrogen-bond acceptors (Lipinski definition) is 5. The van der Waals surface area contributed by atoms with Crippen molar-refractivity contribution >= 4 is 38.9 Å². The quantitative estimate of drug-likeness (QED) is 0.560. The summed E-state index contributed by atoms with van der Waals surface area (Å²) in [6.07, 6.45) is 0. The molecule has 0 heterocycles. The number of carbonyl (C=O) groups is 1. The van der Waals surface area contributed by atoms with Crippen LogP contribution in [0.2, 0.25) is 5.02 Å². The summed E-state index contributed by atoms with van der Waals surface area (Å²) in [6, 6.07) is 17.1. The van der Waals surface area contributed by atoms with E-state index in [-0.39, 0.29) is 15.6 Å². The fourth-order valence-corrected chi connectivity index (χ4v) is 3.85. The highest BCUT2D eigenvalue weighted by atomic mass is 35.5. The van der Waals surface area contributed by atoms with E-state index in [0.717, 1.165) is 0 Å². The first-order valence-corrected chi connectivity index (χ1v) is 10.6. The number of amides is 1. The number of nitrogens with one attached hydrogen (secondary N) is 2. The molecule has 0 saturated carbocycles. The predicted octanol–water partition coefficient (Wildman–Crippen LogP) is 4.41.